The predicted molar refractivity (Wildman–Crippen MR) is 129 cm³/mol. The smallest absolute Gasteiger partial charge is 0.257 e. The molecule has 0 saturated carbocycles. The third kappa shape index (κ3) is 5.18. The maximum atomic E-state index is 13.4. The summed E-state index contributed by atoms with van der Waals surface area (Å²) in [5.74, 6) is -0.243. The van der Waals surface area contributed by atoms with Crippen LogP contribution >= 0.6 is 0 Å². The lowest BCUT2D eigenvalue weighted by Gasteiger charge is -2.17. The van der Waals surface area contributed by atoms with Crippen LogP contribution in [0.15, 0.2) is 91.1 Å². The number of benzene rings is 3. The van der Waals surface area contributed by atoms with E-state index in [1.165, 1.54) is 0 Å². The summed E-state index contributed by atoms with van der Waals surface area (Å²) in [6, 6.07) is 27.1. The van der Waals surface area contributed by atoms with Crippen LogP contribution in [0.4, 0.5) is 0 Å². The van der Waals surface area contributed by atoms with Gasteiger partial charge < -0.3 is 10.2 Å². The Morgan fingerprint density at radius 2 is 1.52 bits per heavy atom. The minimum absolute atomic E-state index is 0.108. The van der Waals surface area contributed by atoms with Crippen LogP contribution in [0.25, 0.3) is 11.3 Å². The molecule has 0 bridgehead atoms. The number of carbonyl (C=O) groups excluding carboxylic acids is 2. The van der Waals surface area contributed by atoms with Crippen molar-refractivity contribution in [2.75, 3.05) is 14.1 Å². The lowest BCUT2D eigenvalue weighted by molar-refractivity contribution is 0.0785. The Morgan fingerprint density at radius 3 is 2.15 bits per heavy atom. The zero-order valence-corrected chi connectivity index (χ0v) is 18.7. The molecule has 1 heterocycles. The molecule has 4 rings (SSSR count). The second-order valence-corrected chi connectivity index (χ2v) is 7.88. The van der Waals surface area contributed by atoms with Crippen LogP contribution in [0.1, 0.15) is 31.8 Å². The molecular weight excluding hydrogens is 412 g/mol. The molecule has 0 fully saturated rings. The van der Waals surface area contributed by atoms with Gasteiger partial charge in [-0.25, -0.2) is 0 Å². The Bertz CT molecular complexity index is 1230. The molecule has 6 nitrogen and oxygen atoms in total. The summed E-state index contributed by atoms with van der Waals surface area (Å²) in [6.07, 6.45) is 1.82. The van der Waals surface area contributed by atoms with E-state index in [0.717, 1.165) is 16.7 Å². The van der Waals surface area contributed by atoms with E-state index in [4.69, 9.17) is 5.10 Å². The van der Waals surface area contributed by atoms with Gasteiger partial charge in [0.1, 0.15) is 5.69 Å². The fourth-order valence-corrected chi connectivity index (χ4v) is 3.70. The van der Waals surface area contributed by atoms with E-state index in [9.17, 15) is 9.59 Å². The molecule has 33 heavy (non-hydrogen) atoms. The quantitative estimate of drug-likeness (QED) is 0.470. The topological polar surface area (TPSA) is 67.2 Å². The maximum absolute atomic E-state index is 13.4. The first-order chi connectivity index (χ1) is 16.0. The average molecular weight is 439 g/mol. The number of amides is 2. The molecule has 3 aromatic carbocycles. The molecule has 0 radical (unpaired) electrons. The van der Waals surface area contributed by atoms with E-state index < -0.39 is 0 Å². The Hall–Kier alpha value is -4.19. The van der Waals surface area contributed by atoms with Crippen LogP contribution in [0.2, 0.25) is 0 Å². The number of hydrogen-bond acceptors (Lipinski definition) is 3. The van der Waals surface area contributed by atoms with Crippen LogP contribution in [0, 0.1) is 0 Å². The SMILES string of the molecule is CNC(=O)c1ccc(CN(C)C(=O)c2cn(Cc3ccccc3)nc2-c2ccccc2)cc1. The van der Waals surface area contributed by atoms with Gasteiger partial charge >= 0.3 is 0 Å². The van der Waals surface area contributed by atoms with Crippen LogP contribution in [0.5, 0.6) is 0 Å². The highest BCUT2D eigenvalue weighted by Crippen LogP contribution is 2.24. The first kappa shape index (κ1) is 22.0. The summed E-state index contributed by atoms with van der Waals surface area (Å²) >= 11 is 0. The van der Waals surface area contributed by atoms with Gasteiger partial charge in [0.2, 0.25) is 0 Å². The second-order valence-electron chi connectivity index (χ2n) is 7.88. The number of nitrogens with zero attached hydrogens (tertiary/aromatic N) is 3. The third-order valence-corrected chi connectivity index (χ3v) is 5.44. The molecule has 0 aliphatic heterocycles. The molecule has 4 aromatic rings. The first-order valence-electron chi connectivity index (χ1n) is 10.8. The van der Waals surface area contributed by atoms with Gasteiger partial charge in [0.15, 0.2) is 0 Å². The summed E-state index contributed by atoms with van der Waals surface area (Å²) in [6.45, 7) is 1.00. The largest absolute Gasteiger partial charge is 0.355 e. The van der Waals surface area contributed by atoms with Gasteiger partial charge in [-0.15, -0.1) is 0 Å². The lowest BCUT2D eigenvalue weighted by Crippen LogP contribution is -2.26. The van der Waals surface area contributed by atoms with E-state index >= 15 is 0 Å². The van der Waals surface area contributed by atoms with Crippen LogP contribution in [-0.2, 0) is 13.1 Å². The number of hydrogen-bond donors (Lipinski definition) is 1. The van der Waals surface area contributed by atoms with Crippen molar-refractivity contribution in [1.82, 2.24) is 20.0 Å². The minimum Gasteiger partial charge on any atom is -0.355 e. The van der Waals surface area contributed by atoms with Crippen LogP contribution in [0.3, 0.4) is 0 Å². The van der Waals surface area contributed by atoms with Gasteiger partial charge in [0.05, 0.1) is 12.1 Å². The molecule has 2 amide bonds. The van der Waals surface area contributed by atoms with E-state index in [-0.39, 0.29) is 11.8 Å². The highest BCUT2D eigenvalue weighted by atomic mass is 16.2. The Kier molecular flexibility index (Phi) is 6.64. The van der Waals surface area contributed by atoms with Gasteiger partial charge in [0, 0.05) is 38.0 Å². The molecule has 0 saturated heterocycles. The van der Waals surface area contributed by atoms with Crippen molar-refractivity contribution >= 4 is 11.8 Å². The summed E-state index contributed by atoms with van der Waals surface area (Å²) in [4.78, 5) is 26.9. The molecule has 166 valence electrons. The van der Waals surface area contributed by atoms with Crippen molar-refractivity contribution in [3.05, 3.63) is 113 Å². The molecule has 0 spiro atoms. The number of nitrogens with one attached hydrogen (secondary N) is 1. The van der Waals surface area contributed by atoms with Crippen molar-refractivity contribution in [2.45, 2.75) is 13.1 Å². The number of aromatic nitrogens is 2. The lowest BCUT2D eigenvalue weighted by atomic mass is 10.1. The van der Waals surface area contributed by atoms with Crippen LogP contribution in [-0.4, -0.2) is 40.6 Å². The monoisotopic (exact) mass is 438 g/mol. The summed E-state index contributed by atoms with van der Waals surface area (Å²) in [5, 5.41) is 7.36. The zero-order valence-electron chi connectivity index (χ0n) is 18.7. The Labute approximate surface area is 193 Å². The molecule has 1 aromatic heterocycles. The van der Waals surface area contributed by atoms with E-state index in [2.05, 4.69) is 5.32 Å². The number of rotatable bonds is 7. The van der Waals surface area contributed by atoms with Gasteiger partial charge in [-0.3, -0.25) is 14.3 Å². The second kappa shape index (κ2) is 9.96. The molecule has 0 unspecified atom stereocenters. The maximum Gasteiger partial charge on any atom is 0.257 e. The molecule has 0 aliphatic carbocycles. The molecular formula is C27H26N4O2. The van der Waals surface area contributed by atoms with Gasteiger partial charge in [-0.1, -0.05) is 72.8 Å². The van der Waals surface area contributed by atoms with E-state index in [1.807, 2.05) is 83.7 Å². The Balaban J connectivity index is 1.59. The minimum atomic E-state index is -0.135. The summed E-state index contributed by atoms with van der Waals surface area (Å²) in [5.41, 5.74) is 4.76. The van der Waals surface area contributed by atoms with Gasteiger partial charge in [-0.05, 0) is 23.3 Å². The van der Waals surface area contributed by atoms with E-state index in [0.29, 0.717) is 29.9 Å². The molecule has 0 atom stereocenters. The fraction of sp³-hybridized carbons (Fsp3) is 0.148. The standard InChI is InChI=1S/C27H26N4O2/c1-28-26(32)23-15-13-21(14-16-23)17-30(2)27(33)24-19-31(18-20-9-5-3-6-10-20)29-25(24)22-11-7-4-8-12-22/h3-16,19H,17-18H2,1-2H3,(H,28,32). The molecule has 6 heteroatoms. The van der Waals surface area contributed by atoms with Gasteiger partial charge in [-0.2, -0.15) is 5.10 Å². The van der Waals surface area contributed by atoms with Crippen molar-refractivity contribution in [3.63, 3.8) is 0 Å². The van der Waals surface area contributed by atoms with Crippen molar-refractivity contribution in [1.29, 1.82) is 0 Å². The fourth-order valence-electron chi connectivity index (χ4n) is 3.70. The highest BCUT2D eigenvalue weighted by molar-refractivity contribution is 5.99. The third-order valence-electron chi connectivity index (χ3n) is 5.44. The van der Waals surface area contributed by atoms with Crippen molar-refractivity contribution < 1.29 is 9.59 Å². The number of carbonyl (C=O) groups is 2. The first-order valence-corrected chi connectivity index (χ1v) is 10.8. The normalized spacial score (nSPS) is 10.6. The van der Waals surface area contributed by atoms with Gasteiger partial charge in [0.25, 0.3) is 11.8 Å². The van der Waals surface area contributed by atoms with Crippen molar-refractivity contribution in [3.8, 4) is 11.3 Å². The average Bonchev–Trinajstić information content (AvgIpc) is 3.28. The van der Waals surface area contributed by atoms with Crippen LogP contribution < -0.4 is 5.32 Å². The Morgan fingerprint density at radius 1 is 0.879 bits per heavy atom. The summed E-state index contributed by atoms with van der Waals surface area (Å²) in [7, 11) is 3.38. The predicted octanol–water partition coefficient (Wildman–Crippen LogP) is 4.23. The highest BCUT2D eigenvalue weighted by Gasteiger charge is 2.21. The molecule has 0 aliphatic rings. The van der Waals surface area contributed by atoms with E-state index in [1.54, 1.807) is 31.1 Å². The molecule has 1 N–H and O–H groups in total. The zero-order chi connectivity index (χ0) is 23.2. The van der Waals surface area contributed by atoms with Crippen molar-refractivity contribution in [2.24, 2.45) is 0 Å². The summed E-state index contributed by atoms with van der Waals surface area (Å²) < 4.78 is 1.82.